The molecule has 0 unspecified atom stereocenters. The molecule has 1 amide bonds. The van der Waals surface area contributed by atoms with Crippen molar-refractivity contribution in [2.24, 2.45) is 5.41 Å². The van der Waals surface area contributed by atoms with Gasteiger partial charge in [0.25, 0.3) is 0 Å². The third-order valence-corrected chi connectivity index (χ3v) is 7.04. The van der Waals surface area contributed by atoms with E-state index in [0.29, 0.717) is 30.8 Å². The van der Waals surface area contributed by atoms with Gasteiger partial charge in [-0.2, -0.15) is 11.3 Å². The molecule has 2 fully saturated rings. The summed E-state index contributed by atoms with van der Waals surface area (Å²) in [6.45, 7) is 2.72. The molecular weight excluding hydrogens is 344 g/mol. The Hall–Kier alpha value is -0.920. The summed E-state index contributed by atoms with van der Waals surface area (Å²) in [5, 5.41) is 7.53. The van der Waals surface area contributed by atoms with Crippen LogP contribution in [0.15, 0.2) is 16.8 Å². The summed E-state index contributed by atoms with van der Waals surface area (Å²) in [6, 6.07) is 2.39. The Bertz CT molecular complexity index is 664. The van der Waals surface area contributed by atoms with Gasteiger partial charge in [0.1, 0.15) is 9.84 Å². The molecule has 0 bridgehead atoms. The molecule has 1 aliphatic heterocycles. The van der Waals surface area contributed by atoms with Gasteiger partial charge in [-0.15, -0.1) is 0 Å². The Kier molecular flexibility index (Phi) is 5.32. The first-order chi connectivity index (χ1) is 11.4. The number of carbonyl (C=O) groups is 1. The van der Waals surface area contributed by atoms with Crippen molar-refractivity contribution in [1.29, 1.82) is 0 Å². The van der Waals surface area contributed by atoms with Gasteiger partial charge in [0.2, 0.25) is 5.91 Å². The van der Waals surface area contributed by atoms with Crippen molar-refractivity contribution in [3.8, 4) is 0 Å². The van der Waals surface area contributed by atoms with Crippen molar-refractivity contribution in [1.82, 2.24) is 10.2 Å². The topological polar surface area (TPSA) is 66.5 Å². The van der Waals surface area contributed by atoms with E-state index in [0.717, 1.165) is 32.4 Å². The molecule has 1 saturated heterocycles. The summed E-state index contributed by atoms with van der Waals surface area (Å²) in [4.78, 5) is 14.8. The van der Waals surface area contributed by atoms with Crippen LogP contribution in [0.4, 0.5) is 0 Å². The molecule has 1 aromatic rings. The van der Waals surface area contributed by atoms with Crippen molar-refractivity contribution in [2.45, 2.75) is 44.7 Å². The molecule has 3 rings (SSSR count). The van der Waals surface area contributed by atoms with Crippen molar-refractivity contribution in [3.63, 3.8) is 0 Å². The van der Waals surface area contributed by atoms with Gasteiger partial charge in [0.15, 0.2) is 0 Å². The second-order valence-corrected chi connectivity index (χ2v) is 10.3. The van der Waals surface area contributed by atoms with Crippen LogP contribution in [0.3, 0.4) is 0 Å². The summed E-state index contributed by atoms with van der Waals surface area (Å²) >= 11 is 1.65. The zero-order valence-corrected chi connectivity index (χ0v) is 15.8. The van der Waals surface area contributed by atoms with Crippen molar-refractivity contribution in [3.05, 3.63) is 22.4 Å². The molecule has 7 heteroatoms. The van der Waals surface area contributed by atoms with E-state index in [9.17, 15) is 13.2 Å². The number of rotatable bonds is 7. The van der Waals surface area contributed by atoms with Crippen LogP contribution in [-0.4, -0.2) is 50.4 Å². The second kappa shape index (κ2) is 7.14. The quantitative estimate of drug-likeness (QED) is 0.798. The van der Waals surface area contributed by atoms with Crippen molar-refractivity contribution < 1.29 is 13.2 Å². The van der Waals surface area contributed by atoms with Crippen LogP contribution in [0.1, 0.15) is 37.7 Å². The van der Waals surface area contributed by atoms with Crippen LogP contribution < -0.4 is 5.32 Å². The van der Waals surface area contributed by atoms with E-state index in [1.165, 1.54) is 11.8 Å². The van der Waals surface area contributed by atoms with E-state index in [-0.39, 0.29) is 11.7 Å². The number of hydrogen-bond donors (Lipinski definition) is 1. The van der Waals surface area contributed by atoms with Crippen LogP contribution in [-0.2, 0) is 21.2 Å². The largest absolute Gasteiger partial charge is 0.335 e. The lowest BCUT2D eigenvalue weighted by Gasteiger charge is -2.29. The van der Waals surface area contributed by atoms with E-state index in [1.807, 2.05) is 10.3 Å². The van der Waals surface area contributed by atoms with Crippen LogP contribution in [0.2, 0.25) is 0 Å². The average molecular weight is 371 g/mol. The van der Waals surface area contributed by atoms with E-state index < -0.39 is 9.84 Å². The first-order valence-corrected chi connectivity index (χ1v) is 11.6. The van der Waals surface area contributed by atoms with Crippen LogP contribution in [0.5, 0.6) is 0 Å². The van der Waals surface area contributed by atoms with Crippen molar-refractivity contribution in [2.75, 3.05) is 25.1 Å². The number of piperidine rings is 1. The SMILES string of the molecule is CS(=O)(=O)CCCC(=O)N(Cc1ccsc1)[C@H]1CC12CCNCC2. The highest BCUT2D eigenvalue weighted by Crippen LogP contribution is 2.56. The molecule has 0 aromatic carbocycles. The highest BCUT2D eigenvalue weighted by atomic mass is 32.2. The fourth-order valence-corrected chi connectivity index (χ4v) is 5.14. The minimum absolute atomic E-state index is 0.0881. The molecule has 1 aliphatic carbocycles. The lowest BCUT2D eigenvalue weighted by Crippen LogP contribution is -2.39. The van der Waals surface area contributed by atoms with Crippen LogP contribution in [0, 0.1) is 5.41 Å². The van der Waals surface area contributed by atoms with E-state index >= 15 is 0 Å². The van der Waals surface area contributed by atoms with Gasteiger partial charge >= 0.3 is 0 Å². The minimum atomic E-state index is -3.00. The fraction of sp³-hybridized carbons (Fsp3) is 0.706. The molecule has 2 heterocycles. The summed E-state index contributed by atoms with van der Waals surface area (Å²) in [5.74, 6) is 0.190. The lowest BCUT2D eigenvalue weighted by molar-refractivity contribution is -0.133. The number of amides is 1. The maximum atomic E-state index is 12.8. The number of nitrogens with one attached hydrogen (secondary N) is 1. The molecule has 1 saturated carbocycles. The van der Waals surface area contributed by atoms with Gasteiger partial charge in [0.05, 0.1) is 5.75 Å². The molecular formula is C17H26N2O3S2. The summed E-state index contributed by atoms with van der Waals surface area (Å²) in [7, 11) is -3.00. The Morgan fingerprint density at radius 1 is 1.42 bits per heavy atom. The minimum Gasteiger partial charge on any atom is -0.335 e. The molecule has 2 aliphatic rings. The highest BCUT2D eigenvalue weighted by Gasteiger charge is 2.57. The Morgan fingerprint density at radius 2 is 2.17 bits per heavy atom. The molecule has 1 aromatic heterocycles. The van der Waals surface area contributed by atoms with E-state index in [4.69, 9.17) is 0 Å². The molecule has 1 atom stereocenters. The van der Waals surface area contributed by atoms with Gasteiger partial charge in [-0.05, 0) is 66.6 Å². The molecule has 0 radical (unpaired) electrons. The molecule has 134 valence electrons. The van der Waals surface area contributed by atoms with Gasteiger partial charge in [-0.1, -0.05) is 0 Å². The number of sulfone groups is 1. The van der Waals surface area contributed by atoms with Gasteiger partial charge in [-0.3, -0.25) is 4.79 Å². The average Bonchev–Trinajstić information content (AvgIpc) is 2.96. The summed E-state index contributed by atoms with van der Waals surface area (Å²) in [6.07, 6.45) is 5.33. The first kappa shape index (κ1) is 17.9. The Morgan fingerprint density at radius 3 is 2.79 bits per heavy atom. The second-order valence-electron chi connectivity index (χ2n) is 7.22. The number of thiophene rings is 1. The third kappa shape index (κ3) is 4.37. The van der Waals surface area contributed by atoms with Gasteiger partial charge in [0, 0.05) is 25.3 Å². The Labute approximate surface area is 148 Å². The smallest absolute Gasteiger partial charge is 0.223 e. The monoisotopic (exact) mass is 370 g/mol. The zero-order valence-electron chi connectivity index (χ0n) is 14.2. The highest BCUT2D eigenvalue weighted by molar-refractivity contribution is 7.90. The maximum absolute atomic E-state index is 12.8. The standard InChI is InChI=1S/C17H26N2O3S2/c1-24(21,22)10-2-3-16(20)19(12-14-4-9-23-13-14)15-11-17(15)5-7-18-8-6-17/h4,9,13,15,18H,2-3,5-8,10-12H2,1H3/t15-/m0/s1. The normalized spacial score (nSPS) is 22.5. The lowest BCUT2D eigenvalue weighted by atomic mass is 9.93. The van der Waals surface area contributed by atoms with Gasteiger partial charge < -0.3 is 10.2 Å². The third-order valence-electron chi connectivity index (χ3n) is 5.28. The molecule has 24 heavy (non-hydrogen) atoms. The number of carbonyl (C=O) groups excluding carboxylic acids is 1. The van der Waals surface area contributed by atoms with E-state index in [2.05, 4.69) is 16.8 Å². The number of nitrogens with zero attached hydrogens (tertiary/aromatic N) is 1. The van der Waals surface area contributed by atoms with E-state index in [1.54, 1.807) is 11.3 Å². The first-order valence-electron chi connectivity index (χ1n) is 8.59. The summed E-state index contributed by atoms with van der Waals surface area (Å²) < 4.78 is 22.6. The summed E-state index contributed by atoms with van der Waals surface area (Å²) in [5.41, 5.74) is 1.47. The van der Waals surface area contributed by atoms with Gasteiger partial charge in [-0.25, -0.2) is 8.42 Å². The maximum Gasteiger partial charge on any atom is 0.223 e. The van der Waals surface area contributed by atoms with Crippen LogP contribution in [0.25, 0.3) is 0 Å². The predicted octanol–water partition coefficient (Wildman–Crippen LogP) is 2.04. The molecule has 1 N–H and O–H groups in total. The predicted molar refractivity (Wildman–Crippen MR) is 96.8 cm³/mol. The Balaban J connectivity index is 1.65. The number of hydrogen-bond acceptors (Lipinski definition) is 5. The fourth-order valence-electron chi connectivity index (χ4n) is 3.81. The van der Waals surface area contributed by atoms with Crippen LogP contribution >= 0.6 is 11.3 Å². The zero-order chi connectivity index (χ0) is 17.2. The van der Waals surface area contributed by atoms with Crippen molar-refractivity contribution >= 4 is 27.1 Å². The molecule has 5 nitrogen and oxygen atoms in total. The molecule has 1 spiro atoms.